The van der Waals surface area contributed by atoms with Gasteiger partial charge in [-0.25, -0.2) is 4.98 Å². The fourth-order valence-corrected chi connectivity index (χ4v) is 1.67. The first-order valence-electron chi connectivity index (χ1n) is 5.01. The molecule has 0 saturated carbocycles. The largest absolute Gasteiger partial charge is 0.305 e. The summed E-state index contributed by atoms with van der Waals surface area (Å²) in [6.45, 7) is 1.85. The Kier molecular flexibility index (Phi) is 3.68. The smallest absolute Gasteiger partial charge is 0.275 e. The highest BCUT2D eigenvalue weighted by Crippen LogP contribution is 2.10. The van der Waals surface area contributed by atoms with Gasteiger partial charge in [-0.15, -0.1) is 0 Å². The molecule has 2 aromatic rings. The number of pyridine rings is 2. The van der Waals surface area contributed by atoms with E-state index >= 15 is 0 Å². The van der Waals surface area contributed by atoms with Crippen molar-refractivity contribution >= 4 is 34.3 Å². The zero-order chi connectivity index (χ0) is 12.3. The first kappa shape index (κ1) is 12.0. The van der Waals surface area contributed by atoms with Gasteiger partial charge in [-0.1, -0.05) is 6.07 Å². The lowest BCUT2D eigenvalue weighted by atomic mass is 10.2. The van der Waals surface area contributed by atoms with Gasteiger partial charge in [0, 0.05) is 16.0 Å². The van der Waals surface area contributed by atoms with Crippen LogP contribution in [0.25, 0.3) is 0 Å². The Labute approximate surface area is 113 Å². The number of rotatable bonds is 2. The average molecular weight is 339 g/mol. The van der Waals surface area contributed by atoms with Gasteiger partial charge in [0.05, 0.1) is 0 Å². The molecule has 17 heavy (non-hydrogen) atoms. The molecule has 5 heteroatoms. The lowest BCUT2D eigenvalue weighted by molar-refractivity contribution is 0.102. The molecule has 2 rings (SSSR count). The third-order valence-electron chi connectivity index (χ3n) is 2.19. The molecule has 4 nitrogen and oxygen atoms in total. The van der Waals surface area contributed by atoms with Crippen LogP contribution in [0.15, 0.2) is 36.7 Å². The van der Waals surface area contributed by atoms with E-state index in [1.54, 1.807) is 24.5 Å². The van der Waals surface area contributed by atoms with Crippen molar-refractivity contribution in [1.29, 1.82) is 0 Å². The molecule has 0 spiro atoms. The van der Waals surface area contributed by atoms with E-state index in [0.29, 0.717) is 11.5 Å². The van der Waals surface area contributed by atoms with E-state index in [-0.39, 0.29) is 5.91 Å². The second-order valence-electron chi connectivity index (χ2n) is 3.48. The first-order valence-corrected chi connectivity index (χ1v) is 6.09. The topological polar surface area (TPSA) is 54.9 Å². The van der Waals surface area contributed by atoms with Crippen LogP contribution >= 0.6 is 22.6 Å². The minimum atomic E-state index is -0.239. The van der Waals surface area contributed by atoms with Crippen LogP contribution in [0.1, 0.15) is 16.1 Å². The Balaban J connectivity index is 2.17. The molecule has 0 fully saturated rings. The number of aryl methyl sites for hydroxylation is 1. The second kappa shape index (κ2) is 5.22. The van der Waals surface area contributed by atoms with Crippen molar-refractivity contribution in [3.63, 3.8) is 0 Å². The average Bonchev–Trinajstić information content (AvgIpc) is 2.32. The van der Waals surface area contributed by atoms with E-state index in [9.17, 15) is 4.79 Å². The van der Waals surface area contributed by atoms with Gasteiger partial charge in [0.1, 0.15) is 11.5 Å². The van der Waals surface area contributed by atoms with Crippen molar-refractivity contribution in [3.8, 4) is 0 Å². The molecule has 2 aromatic heterocycles. The molecule has 0 atom stereocenters. The second-order valence-corrected chi connectivity index (χ2v) is 4.73. The Morgan fingerprint density at radius 1 is 1.29 bits per heavy atom. The number of carbonyl (C=O) groups excluding carboxylic acids is 1. The number of carbonyl (C=O) groups is 1. The van der Waals surface area contributed by atoms with Crippen LogP contribution in [0.5, 0.6) is 0 Å². The molecule has 0 aromatic carbocycles. The molecule has 86 valence electrons. The number of nitrogens with zero attached hydrogens (tertiary/aromatic N) is 2. The van der Waals surface area contributed by atoms with Crippen LogP contribution < -0.4 is 5.32 Å². The highest BCUT2D eigenvalue weighted by molar-refractivity contribution is 14.1. The maximum atomic E-state index is 11.9. The molecule has 2 heterocycles. The standard InChI is InChI=1S/C12H10IN3O/c1-8-3-2-6-14-11(8)12(17)16-10-5-4-9(13)7-15-10/h2-7H,1H3,(H,15,16,17). The Hall–Kier alpha value is -1.50. The predicted molar refractivity (Wildman–Crippen MR) is 73.9 cm³/mol. The lowest BCUT2D eigenvalue weighted by Gasteiger charge is -2.05. The Bertz CT molecular complexity index is 540. The summed E-state index contributed by atoms with van der Waals surface area (Å²) in [5, 5.41) is 2.71. The normalized spacial score (nSPS) is 10.0. The minimum Gasteiger partial charge on any atom is -0.305 e. The summed E-state index contributed by atoms with van der Waals surface area (Å²) in [6.07, 6.45) is 3.30. The van der Waals surface area contributed by atoms with Crippen LogP contribution in [-0.2, 0) is 0 Å². The van der Waals surface area contributed by atoms with E-state index < -0.39 is 0 Å². The van der Waals surface area contributed by atoms with Crippen LogP contribution in [-0.4, -0.2) is 15.9 Å². The van der Waals surface area contributed by atoms with E-state index in [2.05, 4.69) is 37.9 Å². The van der Waals surface area contributed by atoms with Gasteiger partial charge in [0.2, 0.25) is 0 Å². The Morgan fingerprint density at radius 3 is 2.76 bits per heavy atom. The number of hydrogen-bond donors (Lipinski definition) is 1. The van der Waals surface area contributed by atoms with Gasteiger partial charge in [0.25, 0.3) is 5.91 Å². The number of anilines is 1. The molecule has 0 aliphatic carbocycles. The third kappa shape index (κ3) is 3.00. The summed E-state index contributed by atoms with van der Waals surface area (Å²) in [4.78, 5) is 20.1. The monoisotopic (exact) mass is 339 g/mol. The number of amides is 1. The molecule has 0 radical (unpaired) electrons. The summed E-state index contributed by atoms with van der Waals surface area (Å²) in [7, 11) is 0. The van der Waals surface area contributed by atoms with Gasteiger partial charge in [0.15, 0.2) is 0 Å². The quantitative estimate of drug-likeness (QED) is 0.856. The van der Waals surface area contributed by atoms with Gasteiger partial charge >= 0.3 is 0 Å². The summed E-state index contributed by atoms with van der Waals surface area (Å²) < 4.78 is 1.02. The fraction of sp³-hybridized carbons (Fsp3) is 0.0833. The van der Waals surface area contributed by atoms with Crippen LogP contribution in [0.3, 0.4) is 0 Å². The molecule has 0 saturated heterocycles. The molecule has 1 N–H and O–H groups in total. The number of aromatic nitrogens is 2. The summed E-state index contributed by atoms with van der Waals surface area (Å²) >= 11 is 2.16. The van der Waals surface area contributed by atoms with Crippen molar-refractivity contribution in [2.75, 3.05) is 5.32 Å². The summed E-state index contributed by atoms with van der Waals surface area (Å²) in [6, 6.07) is 7.30. The molecule has 0 aliphatic rings. The highest BCUT2D eigenvalue weighted by Gasteiger charge is 2.10. The summed E-state index contributed by atoms with van der Waals surface area (Å²) in [5.41, 5.74) is 1.27. The molecule has 0 aliphatic heterocycles. The molecule has 1 amide bonds. The fourth-order valence-electron chi connectivity index (χ4n) is 1.35. The number of hydrogen-bond acceptors (Lipinski definition) is 3. The van der Waals surface area contributed by atoms with Gasteiger partial charge in [-0.2, -0.15) is 0 Å². The van der Waals surface area contributed by atoms with Gasteiger partial charge in [-0.05, 0) is 53.3 Å². The zero-order valence-electron chi connectivity index (χ0n) is 9.14. The molecular weight excluding hydrogens is 329 g/mol. The van der Waals surface area contributed by atoms with Crippen molar-refractivity contribution in [3.05, 3.63) is 51.5 Å². The van der Waals surface area contributed by atoms with Gasteiger partial charge < -0.3 is 5.32 Å². The third-order valence-corrected chi connectivity index (χ3v) is 2.83. The lowest BCUT2D eigenvalue weighted by Crippen LogP contribution is -2.15. The number of halogens is 1. The van der Waals surface area contributed by atoms with E-state index in [0.717, 1.165) is 9.13 Å². The van der Waals surface area contributed by atoms with Crippen molar-refractivity contribution in [2.45, 2.75) is 6.92 Å². The maximum Gasteiger partial charge on any atom is 0.275 e. The SMILES string of the molecule is Cc1cccnc1C(=O)Nc1ccc(I)cn1. The van der Waals surface area contributed by atoms with Crippen LogP contribution in [0.2, 0.25) is 0 Å². The van der Waals surface area contributed by atoms with E-state index in [1.165, 1.54) is 0 Å². The van der Waals surface area contributed by atoms with Crippen molar-refractivity contribution in [1.82, 2.24) is 9.97 Å². The molecule has 0 bridgehead atoms. The summed E-state index contributed by atoms with van der Waals surface area (Å²) in [5.74, 6) is 0.289. The maximum absolute atomic E-state index is 11.9. The van der Waals surface area contributed by atoms with E-state index in [4.69, 9.17) is 0 Å². The van der Waals surface area contributed by atoms with Crippen LogP contribution in [0.4, 0.5) is 5.82 Å². The Morgan fingerprint density at radius 2 is 2.12 bits per heavy atom. The molecular formula is C12H10IN3O. The van der Waals surface area contributed by atoms with Gasteiger partial charge in [-0.3, -0.25) is 9.78 Å². The number of nitrogens with one attached hydrogen (secondary N) is 1. The highest BCUT2D eigenvalue weighted by atomic mass is 127. The van der Waals surface area contributed by atoms with Crippen molar-refractivity contribution in [2.24, 2.45) is 0 Å². The predicted octanol–water partition coefficient (Wildman–Crippen LogP) is 2.64. The molecule has 0 unspecified atom stereocenters. The van der Waals surface area contributed by atoms with Crippen molar-refractivity contribution < 1.29 is 4.79 Å². The van der Waals surface area contributed by atoms with Crippen LogP contribution in [0, 0.1) is 10.5 Å². The minimum absolute atomic E-state index is 0.239. The van der Waals surface area contributed by atoms with E-state index in [1.807, 2.05) is 19.1 Å². The first-order chi connectivity index (χ1) is 8.16. The zero-order valence-corrected chi connectivity index (χ0v) is 11.3.